The van der Waals surface area contributed by atoms with Gasteiger partial charge in [-0.1, -0.05) is 32.9 Å². The molecule has 0 aliphatic carbocycles. The van der Waals surface area contributed by atoms with Crippen molar-refractivity contribution in [3.63, 3.8) is 0 Å². The average Bonchev–Trinajstić information content (AvgIpc) is 2.47. The van der Waals surface area contributed by atoms with Gasteiger partial charge in [-0.3, -0.25) is 4.99 Å². The Bertz CT molecular complexity index is 356. The second-order valence-corrected chi connectivity index (χ2v) is 4.61. The lowest BCUT2D eigenvalue weighted by molar-refractivity contribution is 0.590. The maximum Gasteiger partial charge on any atom is 0.0664 e. The molecule has 0 atom stereocenters. The lowest BCUT2D eigenvalue weighted by Crippen LogP contribution is -2.10. The molecule has 0 saturated carbocycles. The largest absolute Gasteiger partial charge is 0.261 e. The minimum Gasteiger partial charge on any atom is -0.261 e. The molecule has 0 aromatic heterocycles. The molecule has 1 aliphatic heterocycles. The van der Waals surface area contributed by atoms with Crippen molar-refractivity contribution in [3.05, 3.63) is 29.3 Å². The van der Waals surface area contributed by atoms with Crippen molar-refractivity contribution >= 4 is 11.9 Å². The first-order chi connectivity index (χ1) is 6.07. The predicted octanol–water partition coefficient (Wildman–Crippen LogP) is 3.24. The van der Waals surface area contributed by atoms with Crippen LogP contribution in [0.3, 0.4) is 0 Å². The van der Waals surface area contributed by atoms with Gasteiger partial charge in [0.25, 0.3) is 0 Å². The first-order valence-corrected chi connectivity index (χ1v) is 4.73. The Labute approximate surface area is 79.5 Å². The molecule has 1 heteroatoms. The van der Waals surface area contributed by atoms with Crippen LogP contribution in [0.2, 0.25) is 0 Å². The Morgan fingerprint density at radius 3 is 2.69 bits per heavy atom. The monoisotopic (exact) mass is 173 g/mol. The van der Waals surface area contributed by atoms with Gasteiger partial charge in [0.1, 0.15) is 0 Å². The third-order valence-corrected chi connectivity index (χ3v) is 2.49. The van der Waals surface area contributed by atoms with Crippen molar-refractivity contribution in [2.24, 2.45) is 4.99 Å². The van der Waals surface area contributed by atoms with E-state index in [2.05, 4.69) is 44.0 Å². The molecule has 0 N–H and O–H groups in total. The van der Waals surface area contributed by atoms with E-state index < -0.39 is 0 Å². The van der Waals surface area contributed by atoms with Gasteiger partial charge in [0, 0.05) is 12.6 Å². The highest BCUT2D eigenvalue weighted by atomic mass is 14.7. The summed E-state index contributed by atoms with van der Waals surface area (Å²) in [7, 11) is 0. The van der Waals surface area contributed by atoms with Gasteiger partial charge in [-0.05, 0) is 22.6 Å². The third-order valence-electron chi connectivity index (χ3n) is 2.49. The molecule has 0 spiro atoms. The molecule has 1 nitrogen and oxygen atoms in total. The lowest BCUT2D eigenvalue weighted by atomic mass is 9.86. The van der Waals surface area contributed by atoms with Gasteiger partial charge in [-0.25, -0.2) is 0 Å². The molecule has 68 valence electrons. The van der Waals surface area contributed by atoms with Crippen molar-refractivity contribution in [2.75, 3.05) is 0 Å². The summed E-state index contributed by atoms with van der Waals surface area (Å²) in [6.45, 7) is 6.69. The van der Waals surface area contributed by atoms with Crippen LogP contribution in [-0.2, 0) is 11.8 Å². The number of hydrogen-bond acceptors (Lipinski definition) is 1. The van der Waals surface area contributed by atoms with Gasteiger partial charge in [-0.15, -0.1) is 0 Å². The van der Waals surface area contributed by atoms with E-state index in [1.165, 1.54) is 11.1 Å². The van der Waals surface area contributed by atoms with E-state index in [1.54, 1.807) is 0 Å². The highest BCUT2D eigenvalue weighted by Crippen LogP contribution is 2.30. The zero-order chi connectivity index (χ0) is 9.47. The summed E-state index contributed by atoms with van der Waals surface area (Å²) in [6.07, 6.45) is 2.98. The van der Waals surface area contributed by atoms with Gasteiger partial charge in [0.15, 0.2) is 0 Å². The molecule has 0 saturated heterocycles. The van der Waals surface area contributed by atoms with E-state index in [9.17, 15) is 0 Å². The van der Waals surface area contributed by atoms with Gasteiger partial charge < -0.3 is 0 Å². The average molecular weight is 173 g/mol. The molecule has 1 aromatic rings. The molecule has 1 aliphatic rings. The van der Waals surface area contributed by atoms with Crippen LogP contribution in [0.1, 0.15) is 31.9 Å². The van der Waals surface area contributed by atoms with Crippen LogP contribution in [0.5, 0.6) is 0 Å². The quantitative estimate of drug-likeness (QED) is 0.571. The molecular weight excluding hydrogens is 158 g/mol. The maximum absolute atomic E-state index is 4.35. The summed E-state index contributed by atoms with van der Waals surface area (Å²) in [5.41, 5.74) is 4.11. The summed E-state index contributed by atoms with van der Waals surface area (Å²) < 4.78 is 0. The Kier molecular flexibility index (Phi) is 1.76. The fourth-order valence-electron chi connectivity index (χ4n) is 1.57. The van der Waals surface area contributed by atoms with Gasteiger partial charge in [0.05, 0.1) is 5.69 Å². The lowest BCUT2D eigenvalue weighted by Gasteiger charge is -2.19. The van der Waals surface area contributed by atoms with E-state index >= 15 is 0 Å². The van der Waals surface area contributed by atoms with Gasteiger partial charge in [-0.2, -0.15) is 0 Å². The van der Waals surface area contributed by atoms with Crippen LogP contribution in [0.15, 0.2) is 23.2 Å². The molecule has 1 heterocycles. The number of hydrogen-bond donors (Lipinski definition) is 0. The standard InChI is InChI=1S/C12H15N/c1-12(2,3)10-5-4-9-6-7-13-11(9)8-10/h4-5,7-8H,6H2,1-3H3. The summed E-state index contributed by atoms with van der Waals surface area (Å²) in [5.74, 6) is 0. The molecule has 0 fully saturated rings. The third kappa shape index (κ3) is 1.51. The Morgan fingerprint density at radius 1 is 1.23 bits per heavy atom. The maximum atomic E-state index is 4.35. The molecule has 0 radical (unpaired) electrons. The van der Waals surface area contributed by atoms with Crippen LogP contribution in [0.4, 0.5) is 5.69 Å². The van der Waals surface area contributed by atoms with Gasteiger partial charge in [0.2, 0.25) is 0 Å². The summed E-state index contributed by atoms with van der Waals surface area (Å²) in [4.78, 5) is 4.35. The van der Waals surface area contributed by atoms with E-state index in [-0.39, 0.29) is 5.41 Å². The highest BCUT2D eigenvalue weighted by Gasteiger charge is 2.16. The number of aliphatic imine (C=N–C) groups is 1. The Balaban J connectivity index is 2.47. The number of benzene rings is 1. The Morgan fingerprint density at radius 2 is 2.00 bits per heavy atom. The first-order valence-electron chi connectivity index (χ1n) is 4.73. The van der Waals surface area contributed by atoms with Crippen molar-refractivity contribution in [1.82, 2.24) is 0 Å². The molecule has 1 aromatic carbocycles. The zero-order valence-electron chi connectivity index (χ0n) is 8.46. The molecule has 0 unspecified atom stereocenters. The van der Waals surface area contributed by atoms with E-state index in [0.29, 0.717) is 0 Å². The topological polar surface area (TPSA) is 12.4 Å². The minimum atomic E-state index is 0.229. The van der Waals surface area contributed by atoms with Crippen LogP contribution in [0.25, 0.3) is 0 Å². The van der Waals surface area contributed by atoms with E-state index in [0.717, 1.165) is 12.1 Å². The Hall–Kier alpha value is -1.11. The highest BCUT2D eigenvalue weighted by molar-refractivity contribution is 5.76. The van der Waals surface area contributed by atoms with E-state index in [4.69, 9.17) is 0 Å². The number of nitrogens with zero attached hydrogens (tertiary/aromatic N) is 1. The SMILES string of the molecule is CC(C)(C)c1ccc2c(c1)N=CC2. The molecule has 2 rings (SSSR count). The number of fused-ring (bicyclic) bond motifs is 1. The fraction of sp³-hybridized carbons (Fsp3) is 0.417. The minimum absolute atomic E-state index is 0.229. The van der Waals surface area contributed by atoms with Gasteiger partial charge >= 0.3 is 0 Å². The molecule has 0 bridgehead atoms. The fourth-order valence-corrected chi connectivity index (χ4v) is 1.57. The molecule has 13 heavy (non-hydrogen) atoms. The van der Waals surface area contributed by atoms with Crippen molar-refractivity contribution in [1.29, 1.82) is 0 Å². The van der Waals surface area contributed by atoms with Crippen LogP contribution < -0.4 is 0 Å². The van der Waals surface area contributed by atoms with Crippen LogP contribution >= 0.6 is 0 Å². The van der Waals surface area contributed by atoms with Crippen LogP contribution in [-0.4, -0.2) is 6.21 Å². The second-order valence-electron chi connectivity index (χ2n) is 4.61. The summed E-state index contributed by atoms with van der Waals surface area (Å²) >= 11 is 0. The second kappa shape index (κ2) is 2.69. The van der Waals surface area contributed by atoms with E-state index in [1.807, 2.05) is 6.21 Å². The normalized spacial score (nSPS) is 14.7. The summed E-state index contributed by atoms with van der Waals surface area (Å²) in [6, 6.07) is 6.62. The first kappa shape index (κ1) is 8.49. The van der Waals surface area contributed by atoms with Crippen molar-refractivity contribution in [3.8, 4) is 0 Å². The van der Waals surface area contributed by atoms with Crippen molar-refractivity contribution in [2.45, 2.75) is 32.6 Å². The number of rotatable bonds is 0. The summed E-state index contributed by atoms with van der Waals surface area (Å²) in [5, 5.41) is 0. The predicted molar refractivity (Wildman–Crippen MR) is 57.0 cm³/mol. The van der Waals surface area contributed by atoms with Crippen molar-refractivity contribution < 1.29 is 0 Å². The molecular formula is C12H15N. The smallest absolute Gasteiger partial charge is 0.0664 e. The zero-order valence-corrected chi connectivity index (χ0v) is 8.46. The van der Waals surface area contributed by atoms with Crippen LogP contribution in [0, 0.1) is 0 Å². The molecule has 0 amide bonds.